The van der Waals surface area contributed by atoms with Crippen molar-refractivity contribution < 1.29 is 4.42 Å². The summed E-state index contributed by atoms with van der Waals surface area (Å²) in [5, 5.41) is 7.23. The monoisotopic (exact) mass is 572 g/mol. The van der Waals surface area contributed by atoms with Gasteiger partial charge in [-0.3, -0.25) is 0 Å². The summed E-state index contributed by atoms with van der Waals surface area (Å²) in [6, 6.07) is 60.9. The maximum absolute atomic E-state index is 6.55. The molecule has 0 aliphatic carbocycles. The number of hydrogen-bond donors (Lipinski definition) is 0. The maximum Gasteiger partial charge on any atom is 0.136 e. The predicted molar refractivity (Wildman–Crippen MR) is 190 cm³/mol. The second-order valence-corrected chi connectivity index (χ2v) is 11.7. The first-order valence-corrected chi connectivity index (χ1v) is 15.4. The van der Waals surface area contributed by atoms with Gasteiger partial charge in [0.25, 0.3) is 0 Å². The summed E-state index contributed by atoms with van der Waals surface area (Å²) in [7, 11) is 0. The average molecular weight is 573 g/mol. The van der Waals surface area contributed by atoms with Gasteiger partial charge in [0.05, 0.1) is 0 Å². The Morgan fingerprint density at radius 3 is 1.16 bits per heavy atom. The van der Waals surface area contributed by atoms with Crippen molar-refractivity contribution in [3.8, 4) is 44.5 Å². The third-order valence-electron chi connectivity index (χ3n) is 9.06. The molecule has 0 aliphatic heterocycles. The van der Waals surface area contributed by atoms with Crippen molar-refractivity contribution in [1.29, 1.82) is 0 Å². The van der Waals surface area contributed by atoms with Gasteiger partial charge in [0.15, 0.2) is 0 Å². The van der Waals surface area contributed by atoms with Gasteiger partial charge in [-0.1, -0.05) is 140 Å². The minimum absolute atomic E-state index is 0.903. The Balaban J connectivity index is 1.26. The molecule has 0 spiro atoms. The van der Waals surface area contributed by atoms with E-state index < -0.39 is 0 Å². The highest BCUT2D eigenvalue weighted by atomic mass is 16.3. The van der Waals surface area contributed by atoms with Crippen LogP contribution in [0.2, 0.25) is 0 Å². The second-order valence-electron chi connectivity index (χ2n) is 11.7. The van der Waals surface area contributed by atoms with Crippen LogP contribution in [0.1, 0.15) is 0 Å². The van der Waals surface area contributed by atoms with Crippen molar-refractivity contribution in [1.82, 2.24) is 0 Å². The van der Waals surface area contributed by atoms with Crippen molar-refractivity contribution >= 4 is 43.5 Å². The minimum Gasteiger partial charge on any atom is -0.456 e. The van der Waals surface area contributed by atoms with Gasteiger partial charge >= 0.3 is 0 Å². The van der Waals surface area contributed by atoms with E-state index in [0.29, 0.717) is 0 Å². The zero-order valence-corrected chi connectivity index (χ0v) is 24.6. The lowest BCUT2D eigenvalue weighted by Crippen LogP contribution is -1.91. The Morgan fingerprint density at radius 1 is 0.244 bits per heavy atom. The van der Waals surface area contributed by atoms with Gasteiger partial charge in [-0.25, -0.2) is 0 Å². The normalized spacial score (nSPS) is 11.6. The molecule has 0 radical (unpaired) electrons. The van der Waals surface area contributed by atoms with Gasteiger partial charge in [-0.2, -0.15) is 0 Å². The topological polar surface area (TPSA) is 13.1 Å². The SMILES string of the molecule is c1ccc(-c2cccc(-c3c4ccccc4c(-c4ccc5c(c4)oc4cc(-c6ccccc6)ccc45)c4ccccc34)c2)cc1. The Labute approximate surface area is 261 Å². The van der Waals surface area contributed by atoms with E-state index in [1.807, 2.05) is 6.07 Å². The van der Waals surface area contributed by atoms with Crippen LogP contribution in [0, 0.1) is 0 Å². The number of rotatable bonds is 4. The van der Waals surface area contributed by atoms with Gasteiger partial charge in [0.1, 0.15) is 11.2 Å². The van der Waals surface area contributed by atoms with Crippen molar-refractivity contribution in [3.63, 3.8) is 0 Å². The van der Waals surface area contributed by atoms with Gasteiger partial charge in [-0.05, 0) is 96.4 Å². The van der Waals surface area contributed by atoms with Crippen LogP contribution in [0.4, 0.5) is 0 Å². The average Bonchev–Trinajstić information content (AvgIpc) is 3.48. The first-order valence-electron chi connectivity index (χ1n) is 15.4. The van der Waals surface area contributed by atoms with Gasteiger partial charge in [0, 0.05) is 10.8 Å². The van der Waals surface area contributed by atoms with Gasteiger partial charge in [-0.15, -0.1) is 0 Å². The molecule has 9 rings (SSSR count). The molecule has 0 fully saturated rings. The summed E-state index contributed by atoms with van der Waals surface area (Å²) in [5.74, 6) is 0. The lowest BCUT2D eigenvalue weighted by atomic mass is 9.85. The zero-order chi connectivity index (χ0) is 29.7. The van der Waals surface area contributed by atoms with Crippen LogP contribution in [-0.4, -0.2) is 0 Å². The summed E-state index contributed by atoms with van der Waals surface area (Å²) in [6.07, 6.45) is 0. The van der Waals surface area contributed by atoms with Crippen LogP contribution < -0.4 is 0 Å². The predicted octanol–water partition coefficient (Wildman–Crippen LogP) is 12.6. The Hall–Kier alpha value is -5.92. The maximum atomic E-state index is 6.55. The Bertz CT molecular complexity index is 2460. The molecule has 0 aliphatic rings. The lowest BCUT2D eigenvalue weighted by molar-refractivity contribution is 0.669. The van der Waals surface area contributed by atoms with E-state index in [4.69, 9.17) is 4.42 Å². The number of benzene rings is 8. The molecule has 0 bridgehead atoms. The summed E-state index contributed by atoms with van der Waals surface area (Å²) in [6.45, 7) is 0. The minimum atomic E-state index is 0.903. The number of fused-ring (bicyclic) bond motifs is 5. The van der Waals surface area contributed by atoms with E-state index in [1.54, 1.807) is 0 Å². The molecule has 0 saturated carbocycles. The van der Waals surface area contributed by atoms with Crippen LogP contribution in [0.5, 0.6) is 0 Å². The molecular weight excluding hydrogens is 544 g/mol. The molecule has 1 heterocycles. The third-order valence-corrected chi connectivity index (χ3v) is 9.06. The van der Waals surface area contributed by atoms with Crippen LogP contribution in [-0.2, 0) is 0 Å². The van der Waals surface area contributed by atoms with Crippen LogP contribution >= 0.6 is 0 Å². The number of furan rings is 1. The highest BCUT2D eigenvalue weighted by molar-refractivity contribution is 6.22. The quantitative estimate of drug-likeness (QED) is 0.191. The van der Waals surface area contributed by atoms with Crippen molar-refractivity contribution in [2.75, 3.05) is 0 Å². The first kappa shape index (κ1) is 25.6. The van der Waals surface area contributed by atoms with E-state index in [-0.39, 0.29) is 0 Å². The molecule has 8 aromatic carbocycles. The fourth-order valence-corrected chi connectivity index (χ4v) is 6.98. The van der Waals surface area contributed by atoms with E-state index >= 15 is 0 Å². The van der Waals surface area contributed by atoms with Crippen LogP contribution in [0.15, 0.2) is 174 Å². The molecule has 1 nitrogen and oxygen atoms in total. The molecule has 0 amide bonds. The third kappa shape index (κ3) is 4.24. The fraction of sp³-hybridized carbons (Fsp3) is 0. The lowest BCUT2D eigenvalue weighted by Gasteiger charge is -2.18. The van der Waals surface area contributed by atoms with Crippen molar-refractivity contribution in [2.24, 2.45) is 0 Å². The smallest absolute Gasteiger partial charge is 0.136 e. The summed E-state index contributed by atoms with van der Waals surface area (Å²) >= 11 is 0. The van der Waals surface area contributed by atoms with Crippen LogP contribution in [0.25, 0.3) is 88.0 Å². The van der Waals surface area contributed by atoms with E-state index in [1.165, 1.54) is 54.9 Å². The van der Waals surface area contributed by atoms with Gasteiger partial charge in [0.2, 0.25) is 0 Å². The highest BCUT2D eigenvalue weighted by Crippen LogP contribution is 2.45. The molecule has 0 atom stereocenters. The Kier molecular flexibility index (Phi) is 5.89. The molecule has 1 heteroatoms. The van der Waals surface area contributed by atoms with E-state index in [9.17, 15) is 0 Å². The highest BCUT2D eigenvalue weighted by Gasteiger charge is 2.18. The molecule has 0 unspecified atom stereocenters. The van der Waals surface area contributed by atoms with E-state index in [2.05, 4.69) is 164 Å². The summed E-state index contributed by atoms with van der Waals surface area (Å²) in [4.78, 5) is 0. The van der Waals surface area contributed by atoms with Crippen LogP contribution in [0.3, 0.4) is 0 Å². The number of hydrogen-bond acceptors (Lipinski definition) is 1. The van der Waals surface area contributed by atoms with E-state index in [0.717, 1.165) is 33.1 Å². The first-order chi connectivity index (χ1) is 22.3. The molecule has 0 N–H and O–H groups in total. The van der Waals surface area contributed by atoms with Crippen molar-refractivity contribution in [2.45, 2.75) is 0 Å². The zero-order valence-electron chi connectivity index (χ0n) is 24.6. The molecule has 210 valence electrons. The molecule has 0 saturated heterocycles. The molecular formula is C44H28O. The standard InChI is InChI=1S/C44H28O/c1-3-12-29(13-4-1)31-16-11-17-33(26-31)43-37-18-7-9-20-39(37)44(40-21-10-8-19-38(40)43)34-23-25-36-35-24-22-32(30-14-5-2-6-15-30)27-41(35)45-42(36)28-34/h1-28H. The largest absolute Gasteiger partial charge is 0.456 e. The second kappa shape index (κ2) is 10.4. The van der Waals surface area contributed by atoms with Crippen molar-refractivity contribution in [3.05, 3.63) is 170 Å². The summed E-state index contributed by atoms with van der Waals surface area (Å²) < 4.78 is 6.55. The molecule has 1 aromatic heterocycles. The van der Waals surface area contributed by atoms with Gasteiger partial charge < -0.3 is 4.42 Å². The molecule has 45 heavy (non-hydrogen) atoms. The fourth-order valence-electron chi connectivity index (χ4n) is 6.98. The summed E-state index contributed by atoms with van der Waals surface area (Å²) in [5.41, 5.74) is 11.5. The Morgan fingerprint density at radius 2 is 0.622 bits per heavy atom. The molecule has 9 aromatic rings.